The predicted molar refractivity (Wildman–Crippen MR) is 258 cm³/mol. The summed E-state index contributed by atoms with van der Waals surface area (Å²) in [5, 5.41) is 74.9. The number of esters is 1. The van der Waals surface area contributed by atoms with E-state index in [0.717, 1.165) is 49.9 Å². The molecule has 72 heavy (non-hydrogen) atoms. The lowest BCUT2D eigenvalue weighted by Crippen LogP contribution is -2.64. The Hall–Kier alpha value is -4.67. The van der Waals surface area contributed by atoms with Gasteiger partial charge in [-0.15, -0.1) is 5.10 Å². The van der Waals surface area contributed by atoms with Crippen LogP contribution in [0.2, 0.25) is 0 Å². The lowest BCUT2D eigenvalue weighted by Gasteiger charge is -2.48. The lowest BCUT2D eigenvalue weighted by atomic mass is 9.75. The fourth-order valence-corrected chi connectivity index (χ4v) is 11.0. The molecule has 4 aliphatic rings. The summed E-state index contributed by atoms with van der Waals surface area (Å²) in [4.78, 5) is 40.9. The number of hydrogen-bond acceptors (Lipinski definition) is 16. The minimum absolute atomic E-state index is 0.0266. The molecule has 2 saturated heterocycles. The number of ether oxygens (including phenoxy) is 6. The Kier molecular flexibility index (Phi) is 18.3. The summed E-state index contributed by atoms with van der Waals surface area (Å²) >= 11 is 0. The van der Waals surface area contributed by atoms with Crippen molar-refractivity contribution in [3.63, 3.8) is 0 Å². The molecule has 15 atom stereocenters. The number of ketones is 1. The Morgan fingerprint density at radius 3 is 2.36 bits per heavy atom. The molecule has 394 valence electrons. The van der Waals surface area contributed by atoms with Crippen LogP contribution in [0.5, 0.6) is 0 Å². The Labute approximate surface area is 419 Å². The Morgan fingerprint density at radius 2 is 1.61 bits per heavy atom. The molecule has 19 heteroatoms. The number of carboxylic acid groups (broad SMARTS) is 1. The number of benzene rings is 2. The van der Waals surface area contributed by atoms with Gasteiger partial charge < -0.3 is 63.6 Å². The van der Waals surface area contributed by atoms with Gasteiger partial charge in [0.2, 0.25) is 0 Å². The van der Waals surface area contributed by atoms with Crippen LogP contribution in [-0.2, 0) is 57.5 Å². The van der Waals surface area contributed by atoms with Crippen molar-refractivity contribution >= 4 is 28.6 Å². The van der Waals surface area contributed by atoms with Gasteiger partial charge >= 0.3 is 11.9 Å². The molecular weight excluding hydrogens is 933 g/mol. The fraction of sp³-hybridized carbons (Fsp3) is 0.642. The zero-order valence-electron chi connectivity index (χ0n) is 41.3. The Morgan fingerprint density at radius 1 is 0.833 bits per heavy atom. The number of fused-ring (bicyclic) bond motifs is 1. The molecule has 4 fully saturated rings. The smallest absolute Gasteiger partial charge is 0.338 e. The van der Waals surface area contributed by atoms with Crippen LogP contribution in [0, 0.1) is 24.7 Å². The fourth-order valence-electron chi connectivity index (χ4n) is 11.0. The first-order valence-corrected chi connectivity index (χ1v) is 25.7. The average Bonchev–Trinajstić information content (AvgIpc) is 4.01. The van der Waals surface area contributed by atoms with Crippen LogP contribution in [-0.4, -0.2) is 154 Å². The molecule has 0 radical (unpaired) electrons. The third-order valence-corrected chi connectivity index (χ3v) is 15.1. The highest BCUT2D eigenvalue weighted by atomic mass is 16.7. The molecule has 2 aromatic carbocycles. The minimum atomic E-state index is -1.68. The van der Waals surface area contributed by atoms with Crippen LogP contribution in [0.15, 0.2) is 67.0 Å². The van der Waals surface area contributed by atoms with Crippen molar-refractivity contribution in [2.75, 3.05) is 6.61 Å². The number of nitrogens with zero attached hydrogens (tertiary/aromatic N) is 4. The van der Waals surface area contributed by atoms with Crippen molar-refractivity contribution in [3.8, 4) is 0 Å². The van der Waals surface area contributed by atoms with E-state index in [1.165, 1.54) is 30.0 Å². The zero-order valence-corrected chi connectivity index (χ0v) is 41.3. The van der Waals surface area contributed by atoms with Gasteiger partial charge in [0.05, 0.1) is 42.7 Å². The molecule has 2 aromatic heterocycles. The molecular formula is C53H72N4O15. The average molecular weight is 1010 g/mol. The highest BCUT2D eigenvalue weighted by Crippen LogP contribution is 2.40. The van der Waals surface area contributed by atoms with Crippen molar-refractivity contribution in [2.24, 2.45) is 17.8 Å². The molecule has 4 heterocycles. The van der Waals surface area contributed by atoms with Crippen molar-refractivity contribution in [2.45, 2.75) is 191 Å². The van der Waals surface area contributed by atoms with Crippen LogP contribution >= 0.6 is 0 Å². The van der Waals surface area contributed by atoms with Crippen molar-refractivity contribution in [3.05, 3.63) is 83.8 Å². The van der Waals surface area contributed by atoms with Crippen LogP contribution in [0.3, 0.4) is 0 Å². The van der Waals surface area contributed by atoms with Gasteiger partial charge in [-0.05, 0) is 99.9 Å². The molecule has 6 N–H and O–H groups in total. The zero-order chi connectivity index (χ0) is 51.1. The summed E-state index contributed by atoms with van der Waals surface area (Å²) in [5.41, 5.74) is 3.33. The van der Waals surface area contributed by atoms with Crippen LogP contribution < -0.4 is 0 Å². The van der Waals surface area contributed by atoms with E-state index < -0.39 is 110 Å². The number of aryl methyl sites for hydroxylation is 4. The largest absolute Gasteiger partial charge is 0.479 e. The van der Waals surface area contributed by atoms with Gasteiger partial charge in [0.15, 0.2) is 24.8 Å². The SMILES string of the molecule is Cc1ccc2c(ccn2CCn2cc(CCCCC(=O)C3CC(C)[C@@H](O[C@@H]4OC(C)[C@@H](O)[C@H](O)C4O)[C@H](O[C@@H]4O[C@@H](CO)[C@H](O)C(O[C@@H](CC5CCCCC5)C(=O)O)C4OC(=O)c4ccccc4)C3)nn2)c1. The van der Waals surface area contributed by atoms with Gasteiger partial charge in [-0.25, -0.2) is 9.59 Å². The summed E-state index contributed by atoms with van der Waals surface area (Å²) in [7, 11) is 0. The van der Waals surface area contributed by atoms with E-state index >= 15 is 0 Å². The number of aromatic nitrogens is 4. The van der Waals surface area contributed by atoms with Crippen LogP contribution in [0.1, 0.15) is 106 Å². The number of hydrogen-bond donors (Lipinski definition) is 6. The third kappa shape index (κ3) is 13.0. The van der Waals surface area contributed by atoms with Gasteiger partial charge in [-0.3, -0.25) is 9.48 Å². The topological polar surface area (TPSA) is 264 Å². The van der Waals surface area contributed by atoms with Crippen LogP contribution in [0.4, 0.5) is 0 Å². The second-order valence-corrected chi connectivity index (χ2v) is 20.4. The number of Topliss-reactive ketones (excluding diaryl/α,β-unsaturated/α-hetero) is 1. The number of carbonyl (C=O) groups excluding carboxylic acids is 2. The number of aliphatic hydroxyl groups excluding tert-OH is 5. The van der Waals surface area contributed by atoms with Gasteiger partial charge in [0.25, 0.3) is 0 Å². The van der Waals surface area contributed by atoms with Crippen molar-refractivity contribution in [1.29, 1.82) is 0 Å². The second-order valence-electron chi connectivity index (χ2n) is 20.4. The number of carboxylic acids is 1. The quantitative estimate of drug-likeness (QED) is 0.0503. The number of aliphatic carboxylic acids is 1. The molecule has 19 nitrogen and oxygen atoms in total. The van der Waals surface area contributed by atoms with Gasteiger partial charge in [0, 0.05) is 36.8 Å². The third-order valence-electron chi connectivity index (χ3n) is 15.1. The summed E-state index contributed by atoms with van der Waals surface area (Å²) in [6.07, 6.45) is -7.09. The molecule has 0 bridgehead atoms. The molecule has 4 aromatic rings. The Balaban J connectivity index is 0.985. The first kappa shape index (κ1) is 53.6. The monoisotopic (exact) mass is 1000 g/mol. The maximum Gasteiger partial charge on any atom is 0.338 e. The molecule has 2 aliphatic carbocycles. The normalized spacial score (nSPS) is 31.8. The number of aliphatic hydroxyl groups is 5. The molecule has 2 saturated carbocycles. The molecule has 6 unspecified atom stereocenters. The highest BCUT2D eigenvalue weighted by molar-refractivity contribution is 5.89. The van der Waals surface area contributed by atoms with Gasteiger partial charge in [0.1, 0.15) is 42.4 Å². The van der Waals surface area contributed by atoms with Crippen molar-refractivity contribution in [1.82, 2.24) is 19.6 Å². The number of rotatable bonds is 21. The summed E-state index contributed by atoms with van der Waals surface area (Å²) < 4.78 is 41.6. The first-order valence-electron chi connectivity index (χ1n) is 25.7. The van der Waals surface area contributed by atoms with E-state index in [1.807, 2.05) is 17.8 Å². The van der Waals surface area contributed by atoms with E-state index in [-0.39, 0.29) is 36.5 Å². The summed E-state index contributed by atoms with van der Waals surface area (Å²) in [6.45, 7) is 6.08. The van der Waals surface area contributed by atoms with Crippen LogP contribution in [0.25, 0.3) is 10.9 Å². The highest BCUT2D eigenvalue weighted by Gasteiger charge is 2.54. The number of carbonyl (C=O) groups is 3. The summed E-state index contributed by atoms with van der Waals surface area (Å²) in [6, 6.07) is 16.5. The van der Waals surface area contributed by atoms with E-state index in [0.29, 0.717) is 32.2 Å². The van der Waals surface area contributed by atoms with Crippen molar-refractivity contribution < 1.29 is 73.4 Å². The maximum atomic E-state index is 14.2. The molecule has 0 spiro atoms. The second kappa shape index (κ2) is 24.6. The first-order chi connectivity index (χ1) is 34.7. The van der Waals surface area contributed by atoms with E-state index in [4.69, 9.17) is 28.4 Å². The van der Waals surface area contributed by atoms with Gasteiger partial charge in [-0.1, -0.05) is 74.1 Å². The maximum absolute atomic E-state index is 14.2. The number of unbranched alkanes of at least 4 members (excludes halogenated alkanes) is 1. The minimum Gasteiger partial charge on any atom is -0.479 e. The summed E-state index contributed by atoms with van der Waals surface area (Å²) in [5.74, 6) is -3.11. The standard InChI is InChI=1S/C53H72N4O15/c1-30-18-19-38-35(24-30)20-21-56(38)22-23-57-28-37(54-55-57)16-10-11-17-39(59)36-25-31(2)47(72-52-46(63)45(62)43(60)32(3)67-52)40(27-36)69-53-49(71-51(66)34-14-8-5-9-15-34)48(44(61)42(29-58)70-53)68-41(50(64)65)26-33-12-6-4-7-13-33/h5,8-9,14-15,18-21,24,28,31-33,36,40-49,52-53,58,60-63H,4,6-7,10-13,16-17,22-23,25-27,29H2,1-3H3,(H,64,65)/t31?,32?,36?,40-,41+,42+,43-,44+,45+,46?,47-,48?,49?,52+,53-/m1/s1. The lowest BCUT2D eigenvalue weighted by molar-refractivity contribution is -0.349. The van der Waals surface area contributed by atoms with Gasteiger partial charge in [-0.2, -0.15) is 0 Å². The van der Waals surface area contributed by atoms with E-state index in [9.17, 15) is 45.0 Å². The molecule has 8 rings (SSSR count). The van der Waals surface area contributed by atoms with E-state index in [1.54, 1.807) is 18.2 Å². The predicted octanol–water partition coefficient (Wildman–Crippen LogP) is 4.28. The molecule has 0 amide bonds. The Bertz CT molecular complexity index is 2390. The van der Waals surface area contributed by atoms with E-state index in [2.05, 4.69) is 52.3 Å². The molecule has 2 aliphatic heterocycles.